The number of hydrogen-bond acceptors (Lipinski definition) is 4. The van der Waals surface area contributed by atoms with Crippen molar-refractivity contribution in [3.63, 3.8) is 0 Å². The maximum Gasteiger partial charge on any atom is 0.129 e. The highest BCUT2D eigenvalue weighted by atomic mass is 15.2. The van der Waals surface area contributed by atoms with E-state index in [0.717, 1.165) is 35.6 Å². The predicted octanol–water partition coefficient (Wildman–Crippen LogP) is 2.30. The van der Waals surface area contributed by atoms with Crippen molar-refractivity contribution in [3.05, 3.63) is 24.4 Å². The smallest absolute Gasteiger partial charge is 0.129 e. The molecule has 0 bridgehead atoms. The highest BCUT2D eigenvalue weighted by molar-refractivity contribution is 5.88. The summed E-state index contributed by atoms with van der Waals surface area (Å²) in [7, 11) is 4.08. The van der Waals surface area contributed by atoms with Gasteiger partial charge in [-0.25, -0.2) is 4.98 Å². The number of pyridine rings is 2. The van der Waals surface area contributed by atoms with Crippen LogP contribution in [0.15, 0.2) is 24.4 Å². The normalized spacial score (nSPS) is 15.3. The number of hydrogen-bond donors (Lipinski definition) is 0. The fourth-order valence-electron chi connectivity index (χ4n) is 2.48. The lowest BCUT2D eigenvalue weighted by atomic mass is 10.2. The summed E-state index contributed by atoms with van der Waals surface area (Å²) in [5.74, 6) is 1.08. The van der Waals surface area contributed by atoms with E-state index in [0.29, 0.717) is 0 Å². The maximum atomic E-state index is 4.80. The van der Waals surface area contributed by atoms with Gasteiger partial charge in [-0.2, -0.15) is 0 Å². The largest absolute Gasteiger partial charge is 0.376 e. The highest BCUT2D eigenvalue weighted by Crippen LogP contribution is 2.26. The second kappa shape index (κ2) is 4.44. The third-order valence-corrected chi connectivity index (χ3v) is 3.46. The van der Waals surface area contributed by atoms with E-state index in [2.05, 4.69) is 26.9 Å². The molecular weight excluding hydrogens is 224 g/mol. The van der Waals surface area contributed by atoms with Gasteiger partial charge in [-0.3, -0.25) is 4.98 Å². The van der Waals surface area contributed by atoms with Crippen LogP contribution in [0.3, 0.4) is 0 Å². The molecule has 1 aliphatic heterocycles. The van der Waals surface area contributed by atoms with Crippen LogP contribution in [0.5, 0.6) is 0 Å². The summed E-state index contributed by atoms with van der Waals surface area (Å²) in [4.78, 5) is 13.6. The average molecular weight is 242 g/mol. The van der Waals surface area contributed by atoms with Gasteiger partial charge < -0.3 is 9.80 Å². The van der Waals surface area contributed by atoms with Crippen molar-refractivity contribution in [2.45, 2.75) is 12.8 Å². The van der Waals surface area contributed by atoms with Crippen molar-refractivity contribution in [2.24, 2.45) is 0 Å². The Morgan fingerprint density at radius 2 is 1.89 bits per heavy atom. The van der Waals surface area contributed by atoms with E-state index < -0.39 is 0 Å². The maximum absolute atomic E-state index is 4.80. The van der Waals surface area contributed by atoms with Crippen molar-refractivity contribution in [2.75, 3.05) is 37.0 Å². The first-order chi connectivity index (χ1) is 8.75. The minimum Gasteiger partial charge on any atom is -0.376 e. The summed E-state index contributed by atoms with van der Waals surface area (Å²) >= 11 is 0. The molecule has 0 radical (unpaired) electrons. The molecule has 2 aromatic rings. The summed E-state index contributed by atoms with van der Waals surface area (Å²) < 4.78 is 0. The minimum absolute atomic E-state index is 0.962. The summed E-state index contributed by atoms with van der Waals surface area (Å²) in [5, 5.41) is 0. The van der Waals surface area contributed by atoms with Crippen molar-refractivity contribution in [3.8, 4) is 0 Å². The van der Waals surface area contributed by atoms with E-state index in [9.17, 15) is 0 Å². The minimum atomic E-state index is 0.962. The Morgan fingerprint density at radius 1 is 1.11 bits per heavy atom. The summed E-state index contributed by atoms with van der Waals surface area (Å²) in [6.07, 6.45) is 4.38. The molecule has 94 valence electrons. The molecule has 3 rings (SSSR count). The van der Waals surface area contributed by atoms with Gasteiger partial charge in [0.05, 0.1) is 11.2 Å². The second-order valence-electron chi connectivity index (χ2n) is 4.96. The molecule has 0 saturated carbocycles. The van der Waals surface area contributed by atoms with Crippen molar-refractivity contribution < 1.29 is 0 Å². The van der Waals surface area contributed by atoms with E-state index >= 15 is 0 Å². The third-order valence-electron chi connectivity index (χ3n) is 3.46. The molecule has 0 N–H and O–H groups in total. The first-order valence-corrected chi connectivity index (χ1v) is 6.44. The SMILES string of the molecule is CN(C)c1ccnc2ccc(N3CCCC3)nc12. The lowest BCUT2D eigenvalue weighted by Crippen LogP contribution is -2.19. The average Bonchev–Trinajstić information content (AvgIpc) is 2.91. The van der Waals surface area contributed by atoms with Gasteiger partial charge in [-0.05, 0) is 31.0 Å². The van der Waals surface area contributed by atoms with E-state index in [1.54, 1.807) is 0 Å². The van der Waals surface area contributed by atoms with Crippen molar-refractivity contribution in [1.82, 2.24) is 9.97 Å². The predicted molar refractivity (Wildman–Crippen MR) is 75.3 cm³/mol. The third kappa shape index (κ3) is 1.88. The molecule has 3 heterocycles. The van der Waals surface area contributed by atoms with E-state index in [4.69, 9.17) is 4.98 Å². The lowest BCUT2D eigenvalue weighted by Gasteiger charge is -2.19. The van der Waals surface area contributed by atoms with Gasteiger partial charge in [-0.1, -0.05) is 0 Å². The zero-order chi connectivity index (χ0) is 12.5. The van der Waals surface area contributed by atoms with Gasteiger partial charge in [0.15, 0.2) is 0 Å². The van der Waals surface area contributed by atoms with Crippen LogP contribution in [0.25, 0.3) is 11.0 Å². The summed E-state index contributed by atoms with van der Waals surface area (Å²) in [6.45, 7) is 2.24. The van der Waals surface area contributed by atoms with Crippen molar-refractivity contribution >= 4 is 22.5 Å². The Bertz CT molecular complexity index is 559. The molecule has 18 heavy (non-hydrogen) atoms. The zero-order valence-electron chi connectivity index (χ0n) is 10.9. The second-order valence-corrected chi connectivity index (χ2v) is 4.96. The molecule has 0 amide bonds. The van der Waals surface area contributed by atoms with Crippen LogP contribution < -0.4 is 9.80 Å². The fraction of sp³-hybridized carbons (Fsp3) is 0.429. The molecule has 1 fully saturated rings. The molecule has 4 nitrogen and oxygen atoms in total. The summed E-state index contributed by atoms with van der Waals surface area (Å²) in [5.41, 5.74) is 3.08. The van der Waals surface area contributed by atoms with Crippen LogP contribution >= 0.6 is 0 Å². The molecule has 0 aromatic carbocycles. The lowest BCUT2D eigenvalue weighted by molar-refractivity contribution is 0.943. The Morgan fingerprint density at radius 3 is 2.61 bits per heavy atom. The molecule has 1 aliphatic rings. The molecule has 1 saturated heterocycles. The van der Waals surface area contributed by atoms with Crippen LogP contribution in [0, 0.1) is 0 Å². The van der Waals surface area contributed by atoms with Crippen LogP contribution in [0.4, 0.5) is 11.5 Å². The molecule has 2 aromatic heterocycles. The molecule has 0 unspecified atom stereocenters. The molecule has 0 aliphatic carbocycles. The molecule has 0 spiro atoms. The molecule has 4 heteroatoms. The van der Waals surface area contributed by atoms with E-state index in [1.165, 1.54) is 12.8 Å². The summed E-state index contributed by atoms with van der Waals surface area (Å²) in [6, 6.07) is 6.17. The quantitative estimate of drug-likeness (QED) is 0.809. The van der Waals surface area contributed by atoms with Crippen LogP contribution in [0.2, 0.25) is 0 Å². The van der Waals surface area contributed by atoms with Crippen molar-refractivity contribution in [1.29, 1.82) is 0 Å². The Labute approximate surface area is 107 Å². The van der Waals surface area contributed by atoms with E-state index in [1.807, 2.05) is 26.4 Å². The van der Waals surface area contributed by atoms with E-state index in [-0.39, 0.29) is 0 Å². The highest BCUT2D eigenvalue weighted by Gasteiger charge is 2.15. The first-order valence-electron chi connectivity index (χ1n) is 6.44. The van der Waals surface area contributed by atoms with Gasteiger partial charge >= 0.3 is 0 Å². The Balaban J connectivity index is 2.11. The van der Waals surface area contributed by atoms with Gasteiger partial charge in [0.1, 0.15) is 11.3 Å². The van der Waals surface area contributed by atoms with Crippen LogP contribution in [0.1, 0.15) is 12.8 Å². The van der Waals surface area contributed by atoms with Gasteiger partial charge in [0, 0.05) is 33.4 Å². The standard InChI is InChI=1S/C14H18N4/c1-17(2)12-7-8-15-11-5-6-13(16-14(11)12)18-9-3-4-10-18/h5-8H,3-4,9-10H2,1-2H3. The van der Waals surface area contributed by atoms with Crippen LogP contribution in [-0.4, -0.2) is 37.2 Å². The molecule has 0 atom stereocenters. The fourth-order valence-corrected chi connectivity index (χ4v) is 2.48. The zero-order valence-corrected chi connectivity index (χ0v) is 10.9. The monoisotopic (exact) mass is 242 g/mol. The first kappa shape index (κ1) is 11.3. The number of rotatable bonds is 2. The molecular formula is C14H18N4. The Hall–Kier alpha value is -1.84. The number of fused-ring (bicyclic) bond motifs is 1. The topological polar surface area (TPSA) is 32.3 Å². The van der Waals surface area contributed by atoms with Gasteiger partial charge in [-0.15, -0.1) is 0 Å². The number of nitrogens with zero attached hydrogens (tertiary/aromatic N) is 4. The number of anilines is 2. The Kier molecular flexibility index (Phi) is 2.78. The van der Waals surface area contributed by atoms with Crippen LogP contribution in [-0.2, 0) is 0 Å². The number of aromatic nitrogens is 2. The van der Waals surface area contributed by atoms with Gasteiger partial charge in [0.25, 0.3) is 0 Å². The van der Waals surface area contributed by atoms with Gasteiger partial charge in [0.2, 0.25) is 0 Å².